The number of hydrogen-bond donors (Lipinski definition) is 1. The standard InChI is InChI=1S/C10H12F3N3O4S/c1-2-15(6-10(11,12)13)21(19,20)9-5-7(14)3-4-8(9)16(17)18/h3-5H,2,6,14H2,1H3. The van der Waals surface area contributed by atoms with E-state index in [0.717, 1.165) is 18.2 Å². The predicted molar refractivity (Wildman–Crippen MR) is 68.0 cm³/mol. The minimum atomic E-state index is -4.77. The second-order valence-corrected chi connectivity index (χ2v) is 5.94. The van der Waals surface area contributed by atoms with Gasteiger partial charge in [-0.2, -0.15) is 17.5 Å². The summed E-state index contributed by atoms with van der Waals surface area (Å²) in [7, 11) is -4.69. The van der Waals surface area contributed by atoms with E-state index in [1.807, 2.05) is 0 Å². The maximum Gasteiger partial charge on any atom is 0.402 e. The number of rotatable bonds is 5. The highest BCUT2D eigenvalue weighted by molar-refractivity contribution is 7.89. The highest BCUT2D eigenvalue weighted by atomic mass is 32.2. The van der Waals surface area contributed by atoms with Gasteiger partial charge < -0.3 is 5.73 Å². The Hall–Kier alpha value is -1.88. The number of nitrogens with zero attached hydrogens (tertiary/aromatic N) is 2. The van der Waals surface area contributed by atoms with Crippen molar-refractivity contribution < 1.29 is 26.5 Å². The maximum absolute atomic E-state index is 12.4. The van der Waals surface area contributed by atoms with Crippen molar-refractivity contribution in [2.45, 2.75) is 18.0 Å². The SMILES string of the molecule is CCN(CC(F)(F)F)S(=O)(=O)c1cc(N)ccc1[N+](=O)[O-]. The van der Waals surface area contributed by atoms with Crippen LogP contribution in [0.2, 0.25) is 0 Å². The molecule has 0 radical (unpaired) electrons. The summed E-state index contributed by atoms with van der Waals surface area (Å²) in [5.74, 6) is 0. The second kappa shape index (κ2) is 5.85. The van der Waals surface area contributed by atoms with Gasteiger partial charge in [0, 0.05) is 18.3 Å². The van der Waals surface area contributed by atoms with Crippen molar-refractivity contribution in [1.82, 2.24) is 4.31 Å². The van der Waals surface area contributed by atoms with Crippen LogP contribution in [0.25, 0.3) is 0 Å². The third-order valence-corrected chi connectivity index (χ3v) is 4.46. The van der Waals surface area contributed by atoms with Gasteiger partial charge in [0.1, 0.15) is 6.54 Å². The van der Waals surface area contributed by atoms with Crippen molar-refractivity contribution >= 4 is 21.4 Å². The molecule has 0 spiro atoms. The number of nitro groups is 1. The number of anilines is 1. The molecule has 0 saturated heterocycles. The summed E-state index contributed by atoms with van der Waals surface area (Å²) in [5.41, 5.74) is 4.43. The first-order chi connectivity index (χ1) is 9.49. The zero-order chi connectivity index (χ0) is 16.4. The van der Waals surface area contributed by atoms with E-state index in [4.69, 9.17) is 5.73 Å². The molecular formula is C10H12F3N3O4S. The summed E-state index contributed by atoms with van der Waals surface area (Å²) in [6, 6.07) is 2.70. The Balaban J connectivity index is 3.42. The molecule has 0 bridgehead atoms. The van der Waals surface area contributed by atoms with E-state index in [0.29, 0.717) is 0 Å². The quantitative estimate of drug-likeness (QED) is 0.504. The predicted octanol–water partition coefficient (Wildman–Crippen LogP) is 1.75. The lowest BCUT2D eigenvalue weighted by Crippen LogP contribution is -2.39. The molecule has 2 N–H and O–H groups in total. The first-order valence-corrected chi connectivity index (χ1v) is 7.04. The minimum absolute atomic E-state index is 0.106. The van der Waals surface area contributed by atoms with Crippen molar-refractivity contribution in [3.63, 3.8) is 0 Å². The maximum atomic E-state index is 12.4. The lowest BCUT2D eigenvalue weighted by molar-refractivity contribution is -0.387. The summed E-state index contributed by atoms with van der Waals surface area (Å²) in [6.07, 6.45) is -4.77. The molecule has 0 fully saturated rings. The first-order valence-electron chi connectivity index (χ1n) is 5.60. The molecule has 0 amide bonds. The molecule has 1 rings (SSSR count). The Kier molecular flexibility index (Phi) is 4.79. The fourth-order valence-electron chi connectivity index (χ4n) is 1.59. The number of alkyl halides is 3. The van der Waals surface area contributed by atoms with Crippen molar-refractivity contribution in [1.29, 1.82) is 0 Å². The average Bonchev–Trinajstić information content (AvgIpc) is 2.34. The molecule has 0 aromatic heterocycles. The normalized spacial score (nSPS) is 12.6. The van der Waals surface area contributed by atoms with Crippen LogP contribution in [0.3, 0.4) is 0 Å². The molecule has 0 unspecified atom stereocenters. The van der Waals surface area contributed by atoms with Gasteiger partial charge in [-0.05, 0) is 12.1 Å². The molecule has 0 atom stereocenters. The summed E-state index contributed by atoms with van der Waals surface area (Å²) in [4.78, 5) is 8.98. The van der Waals surface area contributed by atoms with Crippen molar-refractivity contribution in [3.05, 3.63) is 28.3 Å². The fraction of sp³-hybridized carbons (Fsp3) is 0.400. The Morgan fingerprint density at radius 3 is 2.38 bits per heavy atom. The molecule has 1 aromatic carbocycles. The highest BCUT2D eigenvalue weighted by Crippen LogP contribution is 2.30. The lowest BCUT2D eigenvalue weighted by Gasteiger charge is -2.21. The molecule has 21 heavy (non-hydrogen) atoms. The van der Waals surface area contributed by atoms with Crippen molar-refractivity contribution in [2.24, 2.45) is 0 Å². The van der Waals surface area contributed by atoms with Crippen LogP contribution in [-0.4, -0.2) is 36.9 Å². The van der Waals surface area contributed by atoms with E-state index in [9.17, 15) is 31.7 Å². The number of hydrogen-bond acceptors (Lipinski definition) is 5. The van der Waals surface area contributed by atoms with Gasteiger partial charge >= 0.3 is 6.18 Å². The Morgan fingerprint density at radius 1 is 1.38 bits per heavy atom. The third kappa shape index (κ3) is 4.04. The van der Waals surface area contributed by atoms with Crippen LogP contribution in [0.1, 0.15) is 6.92 Å². The Labute approximate surface area is 118 Å². The fourth-order valence-corrected chi connectivity index (χ4v) is 3.22. The summed E-state index contributed by atoms with van der Waals surface area (Å²) < 4.78 is 61.7. The Bertz CT molecular complexity index is 645. The number of nitro benzene ring substituents is 1. The molecule has 1 aromatic rings. The molecule has 0 aliphatic rings. The first kappa shape index (κ1) is 17.2. The molecule has 118 valence electrons. The van der Waals surface area contributed by atoms with Crippen molar-refractivity contribution in [3.8, 4) is 0 Å². The zero-order valence-corrected chi connectivity index (χ0v) is 11.6. The average molecular weight is 327 g/mol. The van der Waals surface area contributed by atoms with Crippen LogP contribution in [-0.2, 0) is 10.0 Å². The summed E-state index contributed by atoms with van der Waals surface area (Å²) in [5, 5.41) is 10.8. The van der Waals surface area contributed by atoms with Gasteiger partial charge in [-0.15, -0.1) is 0 Å². The number of nitrogens with two attached hydrogens (primary N) is 1. The van der Waals surface area contributed by atoms with E-state index < -0.39 is 44.8 Å². The van der Waals surface area contributed by atoms with Gasteiger partial charge in [0.15, 0.2) is 4.90 Å². The summed E-state index contributed by atoms with van der Waals surface area (Å²) in [6.45, 7) is -1.03. The lowest BCUT2D eigenvalue weighted by atomic mass is 10.3. The van der Waals surface area contributed by atoms with Crippen LogP contribution in [0.5, 0.6) is 0 Å². The molecule has 0 saturated carbocycles. The number of halogens is 3. The number of benzene rings is 1. The molecule has 7 nitrogen and oxygen atoms in total. The largest absolute Gasteiger partial charge is 0.402 e. The van der Waals surface area contributed by atoms with E-state index in [1.165, 1.54) is 6.92 Å². The van der Waals surface area contributed by atoms with E-state index in [-0.39, 0.29) is 9.99 Å². The zero-order valence-electron chi connectivity index (χ0n) is 10.8. The van der Waals surface area contributed by atoms with Crippen molar-refractivity contribution in [2.75, 3.05) is 18.8 Å². The van der Waals surface area contributed by atoms with E-state index in [2.05, 4.69) is 0 Å². The van der Waals surface area contributed by atoms with Gasteiger partial charge in [-0.25, -0.2) is 8.42 Å². The molecule has 11 heteroatoms. The second-order valence-electron chi connectivity index (χ2n) is 4.03. The topological polar surface area (TPSA) is 107 Å². The molecule has 0 aliphatic heterocycles. The van der Waals surface area contributed by atoms with Gasteiger partial charge in [0.2, 0.25) is 10.0 Å². The number of sulfonamides is 1. The molecule has 0 heterocycles. The third-order valence-electron chi connectivity index (χ3n) is 2.51. The summed E-state index contributed by atoms with van der Waals surface area (Å²) >= 11 is 0. The molecular weight excluding hydrogens is 315 g/mol. The smallest absolute Gasteiger partial charge is 0.399 e. The van der Waals surface area contributed by atoms with Gasteiger partial charge in [0.25, 0.3) is 5.69 Å². The highest BCUT2D eigenvalue weighted by Gasteiger charge is 2.38. The van der Waals surface area contributed by atoms with Crippen LogP contribution in [0, 0.1) is 10.1 Å². The Morgan fingerprint density at radius 2 is 1.95 bits per heavy atom. The number of nitrogen functional groups attached to an aromatic ring is 1. The van der Waals surface area contributed by atoms with E-state index >= 15 is 0 Å². The van der Waals surface area contributed by atoms with Gasteiger partial charge in [0.05, 0.1) is 4.92 Å². The van der Waals surface area contributed by atoms with Gasteiger partial charge in [-0.1, -0.05) is 6.92 Å². The minimum Gasteiger partial charge on any atom is -0.399 e. The van der Waals surface area contributed by atoms with E-state index in [1.54, 1.807) is 0 Å². The van der Waals surface area contributed by atoms with Crippen LogP contribution >= 0.6 is 0 Å². The monoisotopic (exact) mass is 327 g/mol. The van der Waals surface area contributed by atoms with Gasteiger partial charge in [-0.3, -0.25) is 10.1 Å². The van der Waals surface area contributed by atoms with Crippen LogP contribution in [0.15, 0.2) is 23.1 Å². The van der Waals surface area contributed by atoms with Crippen LogP contribution < -0.4 is 5.73 Å². The van der Waals surface area contributed by atoms with Crippen LogP contribution in [0.4, 0.5) is 24.5 Å². The molecule has 0 aliphatic carbocycles.